The maximum atomic E-state index is 12.9. The summed E-state index contributed by atoms with van der Waals surface area (Å²) in [4.78, 5) is 38.0. The lowest BCUT2D eigenvalue weighted by Crippen LogP contribution is -2.41. The van der Waals surface area contributed by atoms with Gasteiger partial charge in [-0.3, -0.25) is 13.9 Å². The average Bonchev–Trinajstić information content (AvgIpc) is 2.88. The smallest absolute Gasteiger partial charge is 0.428 e. The third-order valence-electron chi connectivity index (χ3n) is 4.15. The van der Waals surface area contributed by atoms with Crippen LogP contribution in [0.3, 0.4) is 0 Å². The molecule has 0 aliphatic carbocycles. The van der Waals surface area contributed by atoms with Crippen LogP contribution in [0, 0.1) is 6.92 Å². The highest BCUT2D eigenvalue weighted by Crippen LogP contribution is 2.28. The number of ether oxygens (including phenoxy) is 1. The molecule has 2 aromatic rings. The largest absolute Gasteiger partial charge is 0.443 e. The molecule has 0 aromatic carbocycles. The quantitative estimate of drug-likeness (QED) is 0.538. The van der Waals surface area contributed by atoms with Crippen LogP contribution >= 0.6 is 11.3 Å². The molecule has 0 saturated heterocycles. The Morgan fingerprint density at radius 3 is 2.39 bits per heavy atom. The lowest BCUT2D eigenvalue weighted by Gasteiger charge is -2.18. The number of hydrogen-bond donors (Lipinski definition) is 1. The molecule has 0 aliphatic heterocycles. The molecule has 1 N–H and O–H groups in total. The maximum Gasteiger partial charge on any atom is 0.428 e. The normalized spacial score (nSPS) is 12.8. The first-order chi connectivity index (χ1) is 14.1. The molecule has 31 heavy (non-hydrogen) atoms. The molecule has 172 valence electrons. The molecule has 0 unspecified atom stereocenters. The summed E-state index contributed by atoms with van der Waals surface area (Å²) in [5.74, 6) is 0. The van der Waals surface area contributed by atoms with Crippen molar-refractivity contribution < 1.29 is 22.7 Å². The van der Waals surface area contributed by atoms with Gasteiger partial charge in [0.15, 0.2) is 0 Å². The Kier molecular flexibility index (Phi) is 7.03. The number of thiophene rings is 1. The van der Waals surface area contributed by atoms with Gasteiger partial charge in [-0.2, -0.15) is 18.3 Å². The van der Waals surface area contributed by atoms with Crippen LogP contribution in [-0.2, 0) is 11.3 Å². The van der Waals surface area contributed by atoms with Gasteiger partial charge in [0.2, 0.25) is 0 Å². The highest BCUT2D eigenvalue weighted by molar-refractivity contribution is 7.20. The van der Waals surface area contributed by atoms with Crippen LogP contribution in [0.25, 0.3) is 10.2 Å². The van der Waals surface area contributed by atoms with Crippen molar-refractivity contribution in [1.82, 2.24) is 14.6 Å². The van der Waals surface area contributed by atoms with Crippen molar-refractivity contribution in [2.75, 3.05) is 0 Å². The molecule has 0 saturated carbocycles. The van der Waals surface area contributed by atoms with Gasteiger partial charge in [-0.15, -0.1) is 11.3 Å². The van der Waals surface area contributed by atoms with Crippen LogP contribution in [0.2, 0.25) is 0 Å². The Hall–Kier alpha value is -2.63. The molecule has 0 bridgehead atoms. The van der Waals surface area contributed by atoms with Crippen molar-refractivity contribution in [2.45, 2.75) is 72.3 Å². The molecule has 2 rings (SSSR count). The number of hydrogen-bond acceptors (Lipinski definition) is 6. The molecular formula is C19H25F3N4O4S. The van der Waals surface area contributed by atoms with E-state index in [4.69, 9.17) is 4.74 Å². The number of aryl methyl sites for hydroxylation is 2. The fourth-order valence-electron chi connectivity index (χ4n) is 2.84. The minimum atomic E-state index is -4.46. The molecule has 12 heteroatoms. The van der Waals surface area contributed by atoms with E-state index in [-0.39, 0.29) is 10.2 Å². The molecule has 0 radical (unpaired) electrons. The van der Waals surface area contributed by atoms with Crippen LogP contribution in [0.15, 0.2) is 14.7 Å². The number of hydrazone groups is 1. The molecule has 0 atom stereocenters. The summed E-state index contributed by atoms with van der Waals surface area (Å²) >= 11 is 0.956. The number of halogens is 3. The van der Waals surface area contributed by atoms with Gasteiger partial charge in [-0.25, -0.2) is 15.0 Å². The summed E-state index contributed by atoms with van der Waals surface area (Å²) in [6, 6.07) is -0.535. The first-order valence-corrected chi connectivity index (χ1v) is 10.3. The van der Waals surface area contributed by atoms with E-state index in [9.17, 15) is 27.6 Å². The monoisotopic (exact) mass is 462 g/mol. The Morgan fingerprint density at radius 2 is 1.87 bits per heavy atom. The predicted octanol–water partition coefficient (Wildman–Crippen LogP) is 3.93. The lowest BCUT2D eigenvalue weighted by atomic mass is 10.2. The molecule has 0 spiro atoms. The SMILES string of the molecule is Cc1c(C=NNC(=O)OC(C)(C)C)sc2c1c(=O)n(C(C)C)c(=O)n2CCC(F)(F)F. The van der Waals surface area contributed by atoms with Gasteiger partial charge in [-0.1, -0.05) is 0 Å². The second-order valence-electron chi connectivity index (χ2n) is 8.21. The number of nitrogens with zero attached hydrogens (tertiary/aromatic N) is 3. The first kappa shape index (κ1) is 24.6. The van der Waals surface area contributed by atoms with Gasteiger partial charge in [-0.05, 0) is 47.1 Å². The summed E-state index contributed by atoms with van der Waals surface area (Å²) in [5, 5.41) is 3.94. The Balaban J connectivity index is 2.55. The summed E-state index contributed by atoms with van der Waals surface area (Å²) in [7, 11) is 0. The molecule has 0 aliphatic rings. The average molecular weight is 462 g/mol. The van der Waals surface area contributed by atoms with E-state index in [0.29, 0.717) is 10.4 Å². The van der Waals surface area contributed by atoms with Gasteiger partial charge < -0.3 is 4.74 Å². The summed E-state index contributed by atoms with van der Waals surface area (Å²) in [6.07, 6.45) is -5.19. The molecule has 0 fully saturated rings. The van der Waals surface area contributed by atoms with Crippen molar-refractivity contribution in [2.24, 2.45) is 5.10 Å². The fourth-order valence-corrected chi connectivity index (χ4v) is 4.03. The number of carbonyl (C=O) groups excluding carboxylic acids is 1. The van der Waals surface area contributed by atoms with E-state index >= 15 is 0 Å². The van der Waals surface area contributed by atoms with Crippen molar-refractivity contribution >= 4 is 33.9 Å². The number of fused-ring (bicyclic) bond motifs is 1. The van der Waals surface area contributed by atoms with E-state index in [2.05, 4.69) is 10.5 Å². The summed E-state index contributed by atoms with van der Waals surface area (Å²) < 4.78 is 45.4. The van der Waals surface area contributed by atoms with Crippen LogP contribution in [0.1, 0.15) is 57.5 Å². The van der Waals surface area contributed by atoms with Crippen LogP contribution in [0.4, 0.5) is 18.0 Å². The third kappa shape index (κ3) is 5.96. The number of aromatic nitrogens is 2. The van der Waals surface area contributed by atoms with Gasteiger partial charge in [0.25, 0.3) is 5.56 Å². The molecule has 1 amide bonds. The van der Waals surface area contributed by atoms with Gasteiger partial charge in [0.05, 0.1) is 22.9 Å². The zero-order valence-electron chi connectivity index (χ0n) is 18.1. The molecule has 8 nitrogen and oxygen atoms in total. The third-order valence-corrected chi connectivity index (χ3v) is 5.40. The van der Waals surface area contributed by atoms with E-state index < -0.39 is 48.1 Å². The van der Waals surface area contributed by atoms with Crippen molar-refractivity contribution in [3.05, 3.63) is 31.3 Å². The number of amides is 1. The van der Waals surface area contributed by atoms with Gasteiger partial charge in [0, 0.05) is 12.6 Å². The fraction of sp³-hybridized carbons (Fsp3) is 0.579. The first-order valence-electron chi connectivity index (χ1n) is 9.49. The summed E-state index contributed by atoms with van der Waals surface area (Å²) in [5.41, 5.74) is 0.549. The van der Waals surface area contributed by atoms with Crippen molar-refractivity contribution in [3.63, 3.8) is 0 Å². The van der Waals surface area contributed by atoms with Crippen LogP contribution in [0.5, 0.6) is 0 Å². The van der Waals surface area contributed by atoms with Crippen molar-refractivity contribution in [1.29, 1.82) is 0 Å². The Labute approximate surface area is 180 Å². The van der Waals surface area contributed by atoms with Gasteiger partial charge in [0.1, 0.15) is 10.4 Å². The summed E-state index contributed by atoms with van der Waals surface area (Å²) in [6.45, 7) is 9.27. The van der Waals surface area contributed by atoms with Gasteiger partial charge >= 0.3 is 18.0 Å². The number of alkyl halides is 3. The minimum absolute atomic E-state index is 0.132. The maximum absolute atomic E-state index is 12.9. The minimum Gasteiger partial charge on any atom is -0.443 e. The molecule has 2 heterocycles. The zero-order valence-corrected chi connectivity index (χ0v) is 18.9. The lowest BCUT2D eigenvalue weighted by molar-refractivity contribution is -0.136. The Morgan fingerprint density at radius 1 is 1.26 bits per heavy atom. The second kappa shape index (κ2) is 8.85. The van der Waals surface area contributed by atoms with E-state index in [1.807, 2.05) is 0 Å². The van der Waals surface area contributed by atoms with Crippen LogP contribution in [-0.4, -0.2) is 33.2 Å². The van der Waals surface area contributed by atoms with E-state index in [0.717, 1.165) is 20.5 Å². The second-order valence-corrected chi connectivity index (χ2v) is 9.24. The Bertz CT molecular complexity index is 1120. The number of carbonyl (C=O) groups is 1. The predicted molar refractivity (Wildman–Crippen MR) is 113 cm³/mol. The standard InChI is InChI=1S/C19H25F3N4O4S/c1-10(2)26-14(27)13-11(3)12(9-23-24-16(28)30-18(4,5)6)31-15(13)25(17(26)29)8-7-19(20,21)22/h9-10H,7-8H2,1-6H3,(H,24,28). The number of rotatable bonds is 5. The van der Waals surface area contributed by atoms with Crippen LogP contribution < -0.4 is 16.7 Å². The topological polar surface area (TPSA) is 94.7 Å². The molecule has 2 aromatic heterocycles. The molecular weight excluding hydrogens is 437 g/mol. The highest BCUT2D eigenvalue weighted by atomic mass is 32.1. The van der Waals surface area contributed by atoms with E-state index in [1.165, 1.54) is 6.21 Å². The zero-order chi connectivity index (χ0) is 23.7. The highest BCUT2D eigenvalue weighted by Gasteiger charge is 2.29. The number of nitrogens with one attached hydrogen (secondary N) is 1. The van der Waals surface area contributed by atoms with Crippen molar-refractivity contribution in [3.8, 4) is 0 Å². The van der Waals surface area contributed by atoms with E-state index in [1.54, 1.807) is 41.5 Å².